The molecule has 1 aliphatic rings. The molecule has 1 saturated heterocycles. The molecule has 1 heterocycles. The fourth-order valence-electron chi connectivity index (χ4n) is 4.60. The third-order valence-electron chi connectivity index (χ3n) is 6.83. The van der Waals surface area contributed by atoms with Crippen molar-refractivity contribution in [2.24, 2.45) is 0 Å². The summed E-state index contributed by atoms with van der Waals surface area (Å²) in [5.41, 5.74) is 2.33. The number of ether oxygens (including phenoxy) is 1. The highest BCUT2D eigenvalue weighted by Gasteiger charge is 2.45. The molecule has 0 spiro atoms. The first-order valence-corrected chi connectivity index (χ1v) is 12.9. The first-order chi connectivity index (χ1) is 17.0. The third-order valence-corrected chi connectivity index (χ3v) is 7.12. The molecule has 1 aliphatic heterocycles. The smallest absolute Gasteiger partial charge is 0.295 e. The van der Waals surface area contributed by atoms with Crippen LogP contribution in [-0.2, 0) is 15.0 Å². The summed E-state index contributed by atoms with van der Waals surface area (Å²) in [6.45, 7) is 13.7. The molecule has 0 unspecified atom stereocenters. The van der Waals surface area contributed by atoms with Crippen molar-refractivity contribution in [1.29, 1.82) is 0 Å². The van der Waals surface area contributed by atoms with Gasteiger partial charge in [0.2, 0.25) is 0 Å². The number of ketones is 1. The molecule has 1 fully saturated rings. The standard InChI is InChI=1S/C29H37ClN2O4/c1-7-31(8-2)16-9-17-32-25(19-10-13-21(14-11-19)29(3,4)5)24(27(34)28(32)35)26(33)20-12-15-23(36-6)22(30)18-20/h10-15,18,25,33H,7-9,16-17H2,1-6H3/t25-/m0/s1. The Hall–Kier alpha value is -2.83. The van der Waals surface area contributed by atoms with Gasteiger partial charge in [-0.15, -0.1) is 0 Å². The summed E-state index contributed by atoms with van der Waals surface area (Å²) in [6.07, 6.45) is 0.722. The van der Waals surface area contributed by atoms with Gasteiger partial charge in [-0.05, 0) is 60.8 Å². The summed E-state index contributed by atoms with van der Waals surface area (Å²) >= 11 is 6.29. The summed E-state index contributed by atoms with van der Waals surface area (Å²) < 4.78 is 5.21. The normalized spacial score (nSPS) is 17.8. The van der Waals surface area contributed by atoms with Crippen molar-refractivity contribution < 1.29 is 19.4 Å². The summed E-state index contributed by atoms with van der Waals surface area (Å²) in [5.74, 6) is -1.07. The monoisotopic (exact) mass is 512 g/mol. The van der Waals surface area contributed by atoms with Crippen molar-refractivity contribution in [2.45, 2.75) is 52.5 Å². The quantitative estimate of drug-likeness (QED) is 0.261. The van der Waals surface area contributed by atoms with Gasteiger partial charge in [0.05, 0.1) is 23.7 Å². The molecule has 2 aromatic rings. The predicted octanol–water partition coefficient (Wildman–Crippen LogP) is 5.80. The molecule has 2 aromatic carbocycles. The van der Waals surface area contributed by atoms with Crippen molar-refractivity contribution in [3.8, 4) is 5.75 Å². The first-order valence-electron chi connectivity index (χ1n) is 12.5. The van der Waals surface area contributed by atoms with Crippen LogP contribution in [0.2, 0.25) is 5.02 Å². The molecular weight excluding hydrogens is 476 g/mol. The van der Waals surface area contributed by atoms with Crippen LogP contribution in [0.5, 0.6) is 5.75 Å². The maximum absolute atomic E-state index is 13.3. The molecule has 1 N–H and O–H groups in total. The highest BCUT2D eigenvalue weighted by molar-refractivity contribution is 6.46. The topological polar surface area (TPSA) is 70.1 Å². The van der Waals surface area contributed by atoms with Crippen LogP contribution in [0.15, 0.2) is 48.0 Å². The Morgan fingerprint density at radius 3 is 2.25 bits per heavy atom. The van der Waals surface area contributed by atoms with Crippen LogP contribution in [0.25, 0.3) is 5.76 Å². The molecule has 3 rings (SSSR count). The number of hydrogen-bond donors (Lipinski definition) is 1. The van der Waals surface area contributed by atoms with Crippen molar-refractivity contribution in [3.63, 3.8) is 0 Å². The van der Waals surface area contributed by atoms with Gasteiger partial charge >= 0.3 is 0 Å². The van der Waals surface area contributed by atoms with Gasteiger partial charge in [0.15, 0.2) is 0 Å². The Labute approximate surface area is 219 Å². The number of amides is 1. The summed E-state index contributed by atoms with van der Waals surface area (Å²) in [5, 5.41) is 11.6. The lowest BCUT2D eigenvalue weighted by molar-refractivity contribution is -0.140. The zero-order valence-electron chi connectivity index (χ0n) is 22.1. The van der Waals surface area contributed by atoms with Gasteiger partial charge in [-0.3, -0.25) is 9.59 Å². The largest absolute Gasteiger partial charge is 0.507 e. The highest BCUT2D eigenvalue weighted by atomic mass is 35.5. The summed E-state index contributed by atoms with van der Waals surface area (Å²) in [7, 11) is 1.51. The maximum atomic E-state index is 13.3. The third kappa shape index (κ3) is 5.76. The molecule has 0 radical (unpaired) electrons. The van der Waals surface area contributed by atoms with E-state index in [-0.39, 0.29) is 16.7 Å². The second-order valence-corrected chi connectivity index (χ2v) is 10.5. The molecule has 7 heteroatoms. The Bertz CT molecular complexity index is 1130. The zero-order chi connectivity index (χ0) is 26.6. The lowest BCUT2D eigenvalue weighted by atomic mass is 9.85. The van der Waals surface area contributed by atoms with Crippen molar-refractivity contribution >= 4 is 29.1 Å². The van der Waals surface area contributed by atoms with Crippen LogP contribution in [0.3, 0.4) is 0 Å². The molecule has 1 amide bonds. The highest BCUT2D eigenvalue weighted by Crippen LogP contribution is 2.41. The Kier molecular flexibility index (Phi) is 8.85. The number of hydrogen-bond acceptors (Lipinski definition) is 5. The van der Waals surface area contributed by atoms with E-state index in [9.17, 15) is 14.7 Å². The summed E-state index contributed by atoms with van der Waals surface area (Å²) in [6, 6.07) is 12.1. The van der Waals surface area contributed by atoms with Gasteiger partial charge in [-0.1, -0.05) is 70.5 Å². The fraction of sp³-hybridized carbons (Fsp3) is 0.448. The van der Waals surface area contributed by atoms with E-state index in [1.807, 2.05) is 24.3 Å². The SMILES string of the molecule is CCN(CC)CCCN1C(=O)C(=O)C(=C(O)c2ccc(OC)c(Cl)c2)[C@@H]1c1ccc(C(C)(C)C)cc1. The fourth-order valence-corrected chi connectivity index (χ4v) is 4.85. The number of aliphatic hydroxyl groups excluding tert-OH is 1. The number of carbonyl (C=O) groups is 2. The van der Waals surface area contributed by atoms with E-state index >= 15 is 0 Å². The number of carbonyl (C=O) groups excluding carboxylic acids is 2. The van der Waals surface area contributed by atoms with E-state index in [0.717, 1.165) is 37.2 Å². The zero-order valence-corrected chi connectivity index (χ0v) is 22.9. The molecule has 0 aromatic heterocycles. The Balaban J connectivity index is 2.08. The molecule has 1 atom stereocenters. The minimum Gasteiger partial charge on any atom is -0.507 e. The number of nitrogens with zero attached hydrogens (tertiary/aromatic N) is 2. The van der Waals surface area contributed by atoms with Gasteiger partial charge in [0.25, 0.3) is 11.7 Å². The number of likely N-dealkylation sites (tertiary alicyclic amines) is 1. The van der Waals surface area contributed by atoms with E-state index in [2.05, 4.69) is 39.5 Å². The van der Waals surface area contributed by atoms with Crippen LogP contribution in [0, 0.1) is 0 Å². The van der Waals surface area contributed by atoms with Crippen molar-refractivity contribution in [1.82, 2.24) is 9.80 Å². The van der Waals surface area contributed by atoms with Crippen molar-refractivity contribution in [2.75, 3.05) is 33.3 Å². The number of aliphatic hydroxyl groups is 1. The molecule has 6 nitrogen and oxygen atoms in total. The number of halogens is 1. The lowest BCUT2D eigenvalue weighted by Gasteiger charge is -2.27. The van der Waals surface area contributed by atoms with Gasteiger partial charge in [0.1, 0.15) is 11.5 Å². The average Bonchev–Trinajstić information content (AvgIpc) is 3.10. The second-order valence-electron chi connectivity index (χ2n) is 10.1. The molecular formula is C29H37ClN2O4. The van der Waals surface area contributed by atoms with E-state index in [0.29, 0.717) is 22.9 Å². The van der Waals surface area contributed by atoms with E-state index < -0.39 is 17.7 Å². The van der Waals surface area contributed by atoms with Gasteiger partial charge in [-0.25, -0.2) is 0 Å². The molecule has 0 aliphatic carbocycles. The maximum Gasteiger partial charge on any atom is 0.295 e. The van der Waals surface area contributed by atoms with Gasteiger partial charge in [0, 0.05) is 12.1 Å². The minimum absolute atomic E-state index is 0.0378. The Morgan fingerprint density at radius 2 is 1.72 bits per heavy atom. The van der Waals surface area contributed by atoms with E-state index in [4.69, 9.17) is 16.3 Å². The Morgan fingerprint density at radius 1 is 1.08 bits per heavy atom. The van der Waals surface area contributed by atoms with E-state index in [1.165, 1.54) is 7.11 Å². The van der Waals surface area contributed by atoms with Crippen LogP contribution in [-0.4, -0.2) is 59.9 Å². The molecule has 0 saturated carbocycles. The van der Waals surface area contributed by atoms with Crippen LogP contribution >= 0.6 is 11.6 Å². The summed E-state index contributed by atoms with van der Waals surface area (Å²) in [4.78, 5) is 30.4. The first kappa shape index (κ1) is 27.8. The second kappa shape index (κ2) is 11.5. The number of Topliss-reactive ketones (excluding diaryl/α,β-unsaturated/α-hetero) is 1. The van der Waals surface area contributed by atoms with E-state index in [1.54, 1.807) is 23.1 Å². The van der Waals surface area contributed by atoms with Crippen LogP contribution in [0.4, 0.5) is 0 Å². The average molecular weight is 513 g/mol. The van der Waals surface area contributed by atoms with Crippen LogP contribution in [0.1, 0.15) is 63.8 Å². The van der Waals surface area contributed by atoms with Gasteiger partial charge < -0.3 is 19.6 Å². The lowest BCUT2D eigenvalue weighted by Crippen LogP contribution is -2.33. The molecule has 36 heavy (non-hydrogen) atoms. The number of methoxy groups -OCH3 is 1. The minimum atomic E-state index is -0.688. The van der Waals surface area contributed by atoms with Crippen LogP contribution < -0.4 is 4.74 Å². The number of rotatable bonds is 9. The van der Waals surface area contributed by atoms with Gasteiger partial charge in [-0.2, -0.15) is 0 Å². The predicted molar refractivity (Wildman–Crippen MR) is 145 cm³/mol. The number of benzene rings is 2. The molecule has 194 valence electrons. The van der Waals surface area contributed by atoms with Crippen molar-refractivity contribution in [3.05, 3.63) is 69.8 Å². The molecule has 0 bridgehead atoms.